The number of carbonyl (C=O) groups is 2. The highest BCUT2D eigenvalue weighted by molar-refractivity contribution is 7.17. The molecule has 0 aliphatic carbocycles. The van der Waals surface area contributed by atoms with Crippen LogP contribution in [-0.4, -0.2) is 39.4 Å². The van der Waals surface area contributed by atoms with Gasteiger partial charge in [0, 0.05) is 17.8 Å². The normalized spacial score (nSPS) is 12.2. The van der Waals surface area contributed by atoms with Gasteiger partial charge in [0.15, 0.2) is 10.9 Å². The van der Waals surface area contributed by atoms with Crippen LogP contribution in [0.5, 0.6) is 5.75 Å². The number of carbonyl (C=O) groups excluding carboxylic acids is 2. The van der Waals surface area contributed by atoms with Crippen molar-refractivity contribution in [2.24, 2.45) is 0 Å². The Bertz CT molecular complexity index is 1180. The van der Waals surface area contributed by atoms with Crippen molar-refractivity contribution in [3.63, 3.8) is 0 Å². The van der Waals surface area contributed by atoms with Gasteiger partial charge in [-0.3, -0.25) is 9.48 Å². The zero-order chi connectivity index (χ0) is 25.0. The third kappa shape index (κ3) is 5.93. The molecule has 1 aromatic carbocycles. The molecule has 0 fully saturated rings. The predicted molar refractivity (Wildman–Crippen MR) is 133 cm³/mol. The third-order valence-corrected chi connectivity index (χ3v) is 5.95. The molecule has 2 aromatic heterocycles. The fourth-order valence-corrected chi connectivity index (χ4v) is 4.09. The van der Waals surface area contributed by atoms with Crippen molar-refractivity contribution in [3.8, 4) is 5.75 Å². The van der Waals surface area contributed by atoms with Gasteiger partial charge in [-0.25, -0.2) is 9.78 Å². The molecule has 0 bridgehead atoms. The first-order chi connectivity index (χ1) is 16.0. The molecule has 0 saturated heterocycles. The lowest BCUT2D eigenvalue weighted by Crippen LogP contribution is -2.30. The number of nitrogens with one attached hydrogen (secondary N) is 2. The van der Waals surface area contributed by atoms with Crippen LogP contribution in [-0.2, 0) is 9.53 Å². The summed E-state index contributed by atoms with van der Waals surface area (Å²) in [6.45, 7) is 11.2. The molecule has 0 aliphatic heterocycles. The molecule has 0 saturated carbocycles. The van der Waals surface area contributed by atoms with E-state index in [1.54, 1.807) is 24.1 Å². The van der Waals surface area contributed by atoms with Crippen LogP contribution in [0, 0.1) is 13.8 Å². The average Bonchev–Trinajstić information content (AvgIpc) is 3.41. The molecule has 182 valence electrons. The van der Waals surface area contributed by atoms with Crippen molar-refractivity contribution in [3.05, 3.63) is 46.6 Å². The minimum absolute atomic E-state index is 0.258. The fraction of sp³-hybridized carbons (Fsp3) is 0.417. The number of esters is 1. The first-order valence-corrected chi connectivity index (χ1v) is 11.8. The highest BCUT2D eigenvalue weighted by Crippen LogP contribution is 2.30. The van der Waals surface area contributed by atoms with Crippen LogP contribution in [0.2, 0.25) is 0 Å². The van der Waals surface area contributed by atoms with Crippen LogP contribution in [0.4, 0.5) is 16.6 Å². The van der Waals surface area contributed by atoms with Gasteiger partial charge in [-0.1, -0.05) is 24.3 Å². The molecule has 2 N–H and O–H groups in total. The van der Waals surface area contributed by atoms with E-state index < -0.39 is 11.6 Å². The lowest BCUT2D eigenvalue weighted by Gasteiger charge is -2.23. The van der Waals surface area contributed by atoms with Gasteiger partial charge < -0.3 is 20.1 Å². The lowest BCUT2D eigenvalue weighted by atomic mass is 10.1. The van der Waals surface area contributed by atoms with Gasteiger partial charge in [-0.05, 0) is 52.7 Å². The van der Waals surface area contributed by atoms with Gasteiger partial charge in [0.25, 0.3) is 5.91 Å². The molecule has 3 rings (SSSR count). The van der Waals surface area contributed by atoms with Crippen LogP contribution in [0.25, 0.3) is 0 Å². The second-order valence-electron chi connectivity index (χ2n) is 8.83. The van der Waals surface area contributed by atoms with E-state index in [1.807, 2.05) is 53.7 Å². The van der Waals surface area contributed by atoms with Crippen molar-refractivity contribution in [2.45, 2.75) is 59.6 Å². The summed E-state index contributed by atoms with van der Waals surface area (Å²) in [5.41, 5.74) is 1.95. The van der Waals surface area contributed by atoms with Gasteiger partial charge in [0.1, 0.15) is 22.3 Å². The van der Waals surface area contributed by atoms with Crippen molar-refractivity contribution in [2.75, 3.05) is 17.7 Å². The molecule has 1 atom stereocenters. The van der Waals surface area contributed by atoms with Crippen LogP contribution >= 0.6 is 11.3 Å². The van der Waals surface area contributed by atoms with Crippen LogP contribution in [0.3, 0.4) is 0 Å². The van der Waals surface area contributed by atoms with Gasteiger partial charge in [-0.15, -0.1) is 0 Å². The first-order valence-electron chi connectivity index (χ1n) is 11.0. The summed E-state index contributed by atoms with van der Waals surface area (Å²) in [5, 5.41) is 11.0. The van der Waals surface area contributed by atoms with Crippen molar-refractivity contribution < 1.29 is 19.1 Å². The minimum atomic E-state index is -0.571. The second-order valence-corrected chi connectivity index (χ2v) is 9.86. The summed E-state index contributed by atoms with van der Waals surface area (Å²) in [7, 11) is 1.60. The second kappa shape index (κ2) is 10.3. The number of aromatic nitrogens is 3. The van der Waals surface area contributed by atoms with E-state index in [0.29, 0.717) is 28.0 Å². The highest BCUT2D eigenvalue weighted by atomic mass is 32.1. The number of methoxy groups -OCH3 is 1. The zero-order valence-electron chi connectivity index (χ0n) is 20.6. The van der Waals surface area contributed by atoms with Crippen molar-refractivity contribution in [1.82, 2.24) is 14.8 Å². The Morgan fingerprint density at radius 1 is 1.21 bits per heavy atom. The third-order valence-electron chi connectivity index (χ3n) is 5.04. The monoisotopic (exact) mass is 485 g/mol. The molecule has 34 heavy (non-hydrogen) atoms. The maximum Gasteiger partial charge on any atom is 0.331 e. The number of hydrogen-bond acceptors (Lipinski definition) is 8. The number of amides is 1. The van der Waals surface area contributed by atoms with E-state index in [0.717, 1.165) is 16.8 Å². The number of benzene rings is 1. The molecule has 0 radical (unpaired) electrons. The Hall–Kier alpha value is -3.40. The Morgan fingerprint density at radius 3 is 2.59 bits per heavy atom. The Morgan fingerprint density at radius 2 is 1.94 bits per heavy atom. The van der Waals surface area contributed by atoms with E-state index in [2.05, 4.69) is 20.7 Å². The molecule has 3 aromatic rings. The van der Waals surface area contributed by atoms with Gasteiger partial charge in [-0.2, -0.15) is 5.10 Å². The summed E-state index contributed by atoms with van der Waals surface area (Å²) in [5.74, 6) is 0.634. The average molecular weight is 486 g/mol. The highest BCUT2D eigenvalue weighted by Gasteiger charge is 2.26. The summed E-state index contributed by atoms with van der Waals surface area (Å²) >= 11 is 1.21. The number of nitrogens with zero attached hydrogens (tertiary/aromatic N) is 3. The number of hydrogen-bond donors (Lipinski definition) is 2. The van der Waals surface area contributed by atoms with Gasteiger partial charge in [0.2, 0.25) is 0 Å². The summed E-state index contributed by atoms with van der Waals surface area (Å²) < 4.78 is 12.4. The van der Waals surface area contributed by atoms with E-state index in [4.69, 9.17) is 9.47 Å². The topological polar surface area (TPSA) is 107 Å². The minimum Gasteiger partial charge on any atom is -0.496 e. The Labute approximate surface area is 203 Å². The van der Waals surface area contributed by atoms with E-state index in [9.17, 15) is 9.59 Å². The first kappa shape index (κ1) is 25.2. The molecular formula is C24H31N5O4S. The molecule has 1 unspecified atom stereocenters. The molecule has 2 heterocycles. The van der Waals surface area contributed by atoms with Crippen LogP contribution in [0.15, 0.2) is 30.6 Å². The van der Waals surface area contributed by atoms with E-state index >= 15 is 0 Å². The Balaban J connectivity index is 1.69. The summed E-state index contributed by atoms with van der Waals surface area (Å²) in [6.07, 6.45) is 3.77. The maximum atomic E-state index is 12.8. The van der Waals surface area contributed by atoms with Crippen LogP contribution < -0.4 is 15.4 Å². The Kier molecular flexibility index (Phi) is 7.61. The maximum absolute atomic E-state index is 12.8. The molecule has 9 nitrogen and oxygen atoms in total. The SMILES string of the molecule is CCC(C(=O)OC(C)(C)C)n1ccc(Nc2ncc(C(=O)Nc3c(C)ccc(OC)c3C)s2)n1. The molecule has 1 amide bonds. The van der Waals surface area contributed by atoms with Gasteiger partial charge >= 0.3 is 5.97 Å². The molecular weight excluding hydrogens is 454 g/mol. The summed E-state index contributed by atoms with van der Waals surface area (Å²) in [6, 6.07) is 5.00. The zero-order valence-corrected chi connectivity index (χ0v) is 21.4. The molecule has 10 heteroatoms. The number of aryl methyl sites for hydroxylation is 1. The molecule has 0 spiro atoms. The fourth-order valence-electron chi connectivity index (χ4n) is 3.37. The smallest absolute Gasteiger partial charge is 0.331 e. The number of ether oxygens (including phenoxy) is 2. The molecule has 0 aliphatic rings. The van der Waals surface area contributed by atoms with Crippen LogP contribution in [0.1, 0.15) is 61.0 Å². The van der Waals surface area contributed by atoms with E-state index in [1.165, 1.54) is 17.5 Å². The largest absolute Gasteiger partial charge is 0.496 e. The quantitative estimate of drug-likeness (QED) is 0.419. The van der Waals surface area contributed by atoms with Crippen molar-refractivity contribution in [1.29, 1.82) is 0 Å². The number of rotatable bonds is 8. The lowest BCUT2D eigenvalue weighted by molar-refractivity contribution is -0.159. The summed E-state index contributed by atoms with van der Waals surface area (Å²) in [4.78, 5) is 30.1. The number of anilines is 3. The van der Waals surface area contributed by atoms with Crippen molar-refractivity contribution >= 4 is 39.9 Å². The van der Waals surface area contributed by atoms with E-state index in [-0.39, 0.29) is 11.9 Å². The number of thiazole rings is 1. The predicted octanol–water partition coefficient (Wildman–Crippen LogP) is 5.25. The standard InChI is InChI=1S/C24H31N5O4S/c1-8-16(22(31)33-24(4,5)6)29-12-11-19(28-29)26-23-25-13-18(34-23)21(30)27-20-14(2)9-10-17(32-7)15(20)3/h9-13,16H,8H2,1-7H3,(H,27,30)(H,25,26,28). The van der Waals surface area contributed by atoms with Gasteiger partial charge in [0.05, 0.1) is 19.0 Å².